The molecule has 1 aromatic heterocycles. The Morgan fingerprint density at radius 3 is 2.14 bits per heavy atom. The number of nitrogens with zero attached hydrogens (tertiary/aromatic N) is 1. The third kappa shape index (κ3) is 2.12. The van der Waals surface area contributed by atoms with Gasteiger partial charge in [0.2, 0.25) is 0 Å². The molecule has 1 heterocycles. The zero-order valence-electron chi connectivity index (χ0n) is 9.09. The summed E-state index contributed by atoms with van der Waals surface area (Å²) in [6.07, 6.45) is 0. The van der Waals surface area contributed by atoms with Gasteiger partial charge < -0.3 is 5.73 Å². The summed E-state index contributed by atoms with van der Waals surface area (Å²) in [7, 11) is 0. The van der Waals surface area contributed by atoms with Crippen molar-refractivity contribution in [2.45, 2.75) is 39.5 Å². The van der Waals surface area contributed by atoms with Gasteiger partial charge in [-0.1, -0.05) is 27.7 Å². The van der Waals surface area contributed by atoms with Crippen molar-refractivity contribution in [3.8, 4) is 0 Å². The van der Waals surface area contributed by atoms with E-state index >= 15 is 0 Å². The van der Waals surface area contributed by atoms with Gasteiger partial charge >= 0.3 is 0 Å². The summed E-state index contributed by atoms with van der Waals surface area (Å²) < 4.78 is 0. The van der Waals surface area contributed by atoms with Crippen LogP contribution in [0.4, 0.5) is 0 Å². The largest absolute Gasteiger partial charge is 0.383 e. The third-order valence-electron chi connectivity index (χ3n) is 1.96. The van der Waals surface area contributed by atoms with Crippen molar-refractivity contribution in [1.29, 1.82) is 5.41 Å². The minimum absolute atomic E-state index is 0.137. The Morgan fingerprint density at radius 1 is 1.29 bits per heavy atom. The predicted octanol–water partition coefficient (Wildman–Crippen LogP) is 2.67. The lowest BCUT2D eigenvalue weighted by atomic mass is 10.1. The number of nitrogens with two attached hydrogens (primary N) is 1. The van der Waals surface area contributed by atoms with E-state index in [4.69, 9.17) is 11.1 Å². The molecular weight excluding hydrogens is 194 g/mol. The number of hydrogen-bond acceptors (Lipinski definition) is 3. The van der Waals surface area contributed by atoms with Gasteiger partial charge in [0, 0.05) is 5.92 Å². The van der Waals surface area contributed by atoms with Crippen molar-refractivity contribution in [3.05, 3.63) is 15.6 Å². The number of amidine groups is 1. The summed E-state index contributed by atoms with van der Waals surface area (Å²) in [4.78, 5) is 5.36. The van der Waals surface area contributed by atoms with Crippen molar-refractivity contribution < 1.29 is 0 Å². The zero-order valence-corrected chi connectivity index (χ0v) is 9.90. The molecule has 0 amide bonds. The van der Waals surface area contributed by atoms with E-state index in [1.165, 1.54) is 0 Å². The highest BCUT2D eigenvalue weighted by Crippen LogP contribution is 2.28. The van der Waals surface area contributed by atoms with Gasteiger partial charge in [0.1, 0.15) is 5.84 Å². The average molecular weight is 211 g/mol. The molecule has 0 saturated carbocycles. The highest BCUT2D eigenvalue weighted by Gasteiger charge is 2.17. The first-order valence-corrected chi connectivity index (χ1v) is 5.60. The lowest BCUT2D eigenvalue weighted by molar-refractivity contribution is 0.791. The number of rotatable bonds is 3. The predicted molar refractivity (Wildman–Crippen MR) is 61.3 cm³/mol. The van der Waals surface area contributed by atoms with Crippen LogP contribution in [0.15, 0.2) is 0 Å². The molecule has 0 aromatic carbocycles. The van der Waals surface area contributed by atoms with E-state index < -0.39 is 0 Å². The molecule has 0 aliphatic carbocycles. The third-order valence-corrected chi connectivity index (χ3v) is 3.36. The molecule has 0 spiro atoms. The van der Waals surface area contributed by atoms with E-state index in [-0.39, 0.29) is 5.84 Å². The van der Waals surface area contributed by atoms with Crippen LogP contribution in [0.25, 0.3) is 0 Å². The summed E-state index contributed by atoms with van der Waals surface area (Å²) in [6.45, 7) is 8.36. The Labute approximate surface area is 88.9 Å². The van der Waals surface area contributed by atoms with Crippen LogP contribution in [0.2, 0.25) is 0 Å². The van der Waals surface area contributed by atoms with E-state index in [9.17, 15) is 0 Å². The van der Waals surface area contributed by atoms with Crippen LogP contribution in [-0.2, 0) is 0 Å². The second-order valence-electron chi connectivity index (χ2n) is 3.99. The normalized spacial score (nSPS) is 11.3. The van der Waals surface area contributed by atoms with Crippen LogP contribution in [-0.4, -0.2) is 10.8 Å². The van der Waals surface area contributed by atoms with Crippen molar-refractivity contribution in [3.63, 3.8) is 0 Å². The Morgan fingerprint density at radius 2 is 1.86 bits per heavy atom. The van der Waals surface area contributed by atoms with Crippen LogP contribution in [0.5, 0.6) is 0 Å². The van der Waals surface area contributed by atoms with Crippen molar-refractivity contribution >= 4 is 17.2 Å². The molecule has 0 fully saturated rings. The minimum Gasteiger partial charge on any atom is -0.383 e. The van der Waals surface area contributed by atoms with E-state index in [1.54, 1.807) is 11.3 Å². The number of aromatic nitrogens is 1. The molecule has 0 aliphatic rings. The van der Waals surface area contributed by atoms with E-state index in [1.807, 2.05) is 0 Å². The molecule has 0 atom stereocenters. The molecule has 14 heavy (non-hydrogen) atoms. The summed E-state index contributed by atoms with van der Waals surface area (Å²) in [5.74, 6) is 0.876. The number of nitrogens with one attached hydrogen (secondary N) is 1. The molecule has 0 aliphatic heterocycles. The van der Waals surface area contributed by atoms with Crippen LogP contribution in [0, 0.1) is 5.41 Å². The first-order chi connectivity index (χ1) is 6.43. The molecule has 0 radical (unpaired) electrons. The Bertz CT molecular complexity index is 339. The topological polar surface area (TPSA) is 62.8 Å². The standard InChI is InChI=1S/C10H17N3S/c1-5(2)7-8(9(11)12)14-10(13-7)6(3)4/h5-6H,1-4H3,(H3,11,12). The molecule has 0 saturated heterocycles. The fourth-order valence-corrected chi connectivity index (χ4v) is 2.27. The fraction of sp³-hybridized carbons (Fsp3) is 0.600. The quantitative estimate of drug-likeness (QED) is 0.596. The minimum atomic E-state index is 0.137. The van der Waals surface area contributed by atoms with Gasteiger partial charge in [-0.2, -0.15) is 0 Å². The maximum Gasteiger partial charge on any atom is 0.135 e. The second-order valence-corrected chi connectivity index (χ2v) is 5.02. The van der Waals surface area contributed by atoms with Crippen LogP contribution < -0.4 is 5.73 Å². The van der Waals surface area contributed by atoms with Gasteiger partial charge in [0.15, 0.2) is 0 Å². The fourth-order valence-electron chi connectivity index (χ4n) is 1.18. The molecule has 3 N–H and O–H groups in total. The highest BCUT2D eigenvalue weighted by atomic mass is 32.1. The van der Waals surface area contributed by atoms with Crippen molar-refractivity contribution in [1.82, 2.24) is 4.98 Å². The van der Waals surface area contributed by atoms with Gasteiger partial charge in [0.25, 0.3) is 0 Å². The van der Waals surface area contributed by atoms with Gasteiger partial charge in [0.05, 0.1) is 15.6 Å². The highest BCUT2D eigenvalue weighted by molar-refractivity contribution is 7.13. The van der Waals surface area contributed by atoms with Gasteiger partial charge in [-0.15, -0.1) is 11.3 Å². The number of hydrogen-bond donors (Lipinski definition) is 2. The SMILES string of the molecule is CC(C)c1nc(C(C)C)c(C(=N)N)s1. The number of nitrogen functional groups attached to an aromatic ring is 1. The maximum absolute atomic E-state index is 7.47. The van der Waals surface area contributed by atoms with Crippen LogP contribution >= 0.6 is 11.3 Å². The van der Waals surface area contributed by atoms with Gasteiger partial charge in [-0.3, -0.25) is 5.41 Å². The maximum atomic E-state index is 7.47. The van der Waals surface area contributed by atoms with E-state index in [2.05, 4.69) is 32.7 Å². The van der Waals surface area contributed by atoms with E-state index in [0.29, 0.717) is 11.8 Å². The summed E-state index contributed by atoms with van der Waals surface area (Å²) >= 11 is 1.54. The van der Waals surface area contributed by atoms with Crippen molar-refractivity contribution in [2.75, 3.05) is 0 Å². The zero-order chi connectivity index (χ0) is 10.9. The smallest absolute Gasteiger partial charge is 0.135 e. The van der Waals surface area contributed by atoms with Gasteiger partial charge in [-0.05, 0) is 5.92 Å². The summed E-state index contributed by atoms with van der Waals surface area (Å²) in [5, 5.41) is 8.54. The van der Waals surface area contributed by atoms with Crippen molar-refractivity contribution in [2.24, 2.45) is 5.73 Å². The van der Waals surface area contributed by atoms with Gasteiger partial charge in [-0.25, -0.2) is 4.98 Å². The van der Waals surface area contributed by atoms with E-state index in [0.717, 1.165) is 15.6 Å². The Kier molecular flexibility index (Phi) is 3.26. The molecular formula is C10H17N3S. The molecule has 1 aromatic rings. The number of thiazole rings is 1. The average Bonchev–Trinajstić information content (AvgIpc) is 2.47. The first-order valence-electron chi connectivity index (χ1n) is 4.78. The van der Waals surface area contributed by atoms with Crippen LogP contribution in [0.1, 0.15) is 55.1 Å². The second kappa shape index (κ2) is 4.09. The Hall–Kier alpha value is -0.900. The summed E-state index contributed by atoms with van der Waals surface area (Å²) in [5.41, 5.74) is 6.48. The molecule has 0 bridgehead atoms. The molecule has 3 nitrogen and oxygen atoms in total. The monoisotopic (exact) mass is 211 g/mol. The lowest BCUT2D eigenvalue weighted by Crippen LogP contribution is -2.12. The summed E-state index contributed by atoms with van der Waals surface area (Å²) in [6, 6.07) is 0. The van der Waals surface area contributed by atoms with Crippen LogP contribution in [0.3, 0.4) is 0 Å². The lowest BCUT2D eigenvalue weighted by Gasteiger charge is -2.02. The first kappa shape index (κ1) is 11.2. The Balaban J connectivity index is 3.19. The molecule has 1 rings (SSSR count). The molecule has 4 heteroatoms. The molecule has 78 valence electrons. The molecule has 0 unspecified atom stereocenters.